The molecule has 7 nitrogen and oxygen atoms in total. The van der Waals surface area contributed by atoms with Crippen molar-refractivity contribution in [1.82, 2.24) is 10.6 Å². The topological polar surface area (TPSA) is 95.6 Å². The van der Waals surface area contributed by atoms with Gasteiger partial charge in [-0.2, -0.15) is 0 Å². The predicted molar refractivity (Wildman–Crippen MR) is 110 cm³/mol. The Morgan fingerprint density at radius 2 is 1.83 bits per heavy atom. The summed E-state index contributed by atoms with van der Waals surface area (Å²) in [6, 6.07) is 15.2. The van der Waals surface area contributed by atoms with Crippen molar-refractivity contribution in [2.45, 2.75) is 11.3 Å². The van der Waals surface area contributed by atoms with Gasteiger partial charge in [-0.3, -0.25) is 9.69 Å². The van der Waals surface area contributed by atoms with Gasteiger partial charge in [-0.15, -0.1) is 0 Å². The van der Waals surface area contributed by atoms with Gasteiger partial charge in [0.2, 0.25) is 5.91 Å². The largest absolute Gasteiger partial charge is 0.345 e. The van der Waals surface area contributed by atoms with Crippen molar-refractivity contribution < 1.29 is 18.0 Å². The van der Waals surface area contributed by atoms with Crippen LogP contribution in [0.4, 0.5) is 10.5 Å². The van der Waals surface area contributed by atoms with Crippen LogP contribution in [-0.4, -0.2) is 45.7 Å². The molecule has 0 bridgehead atoms. The van der Waals surface area contributed by atoms with E-state index in [-0.39, 0.29) is 35.6 Å². The minimum absolute atomic E-state index is 0.110. The van der Waals surface area contributed by atoms with Crippen LogP contribution in [-0.2, 0) is 14.6 Å². The fourth-order valence-electron chi connectivity index (χ4n) is 2.79. The van der Waals surface area contributed by atoms with Gasteiger partial charge in [-0.25, -0.2) is 13.2 Å². The summed E-state index contributed by atoms with van der Waals surface area (Å²) in [5, 5.41) is 5.35. The molecule has 1 aliphatic heterocycles. The van der Waals surface area contributed by atoms with E-state index < -0.39 is 9.84 Å². The van der Waals surface area contributed by atoms with E-state index in [9.17, 15) is 18.0 Å². The molecule has 0 aromatic heterocycles. The average Bonchev–Trinajstić information content (AvgIpc) is 3.17. The maximum atomic E-state index is 12.2. The third-order valence-electron chi connectivity index (χ3n) is 4.34. The van der Waals surface area contributed by atoms with E-state index in [1.165, 1.54) is 12.1 Å². The van der Waals surface area contributed by atoms with Gasteiger partial charge in [0.15, 0.2) is 9.84 Å². The number of nitrogens with one attached hydrogen (secondary N) is 2. The molecule has 0 unspecified atom stereocenters. The highest BCUT2D eigenvalue weighted by atomic mass is 32.2. The van der Waals surface area contributed by atoms with Crippen LogP contribution >= 0.6 is 0 Å². The molecule has 150 valence electrons. The molecule has 0 spiro atoms. The molecule has 1 aliphatic rings. The Labute approximate surface area is 170 Å². The zero-order valence-electron chi connectivity index (χ0n) is 15.7. The second kappa shape index (κ2) is 9.26. The molecule has 2 N–H and O–H groups in total. The number of sulfone groups is 1. The summed E-state index contributed by atoms with van der Waals surface area (Å²) in [5.41, 5.74) is 1.56. The fourth-order valence-corrected chi connectivity index (χ4v) is 4.05. The Bertz CT molecular complexity index is 1040. The Morgan fingerprint density at radius 3 is 2.48 bits per heavy atom. The van der Waals surface area contributed by atoms with Crippen molar-refractivity contribution in [1.29, 1.82) is 0 Å². The molecular weight excluding hydrogens is 390 g/mol. The van der Waals surface area contributed by atoms with Gasteiger partial charge in [-0.05, 0) is 36.4 Å². The molecule has 0 aliphatic carbocycles. The van der Waals surface area contributed by atoms with Gasteiger partial charge in [0, 0.05) is 30.8 Å². The molecule has 2 aromatic rings. The normalized spacial score (nSPS) is 13.4. The summed E-state index contributed by atoms with van der Waals surface area (Å²) in [6.07, 6.45) is -0.120. The first kappa shape index (κ1) is 20.4. The summed E-state index contributed by atoms with van der Waals surface area (Å²) in [4.78, 5) is 25.4. The lowest BCUT2D eigenvalue weighted by Crippen LogP contribution is -2.27. The molecular formula is C21H21N3O4S. The quantitative estimate of drug-likeness (QED) is 0.705. The van der Waals surface area contributed by atoms with Gasteiger partial charge < -0.3 is 10.6 Å². The van der Waals surface area contributed by atoms with E-state index in [0.29, 0.717) is 13.1 Å². The number of benzene rings is 2. The number of amides is 3. The highest BCUT2D eigenvalue weighted by Crippen LogP contribution is 2.16. The summed E-state index contributed by atoms with van der Waals surface area (Å²) in [5.74, 6) is 5.15. The molecule has 1 saturated heterocycles. The number of rotatable bonds is 6. The highest BCUT2D eigenvalue weighted by molar-refractivity contribution is 7.91. The Hall–Kier alpha value is -3.31. The Kier molecular flexibility index (Phi) is 6.52. The second-order valence-corrected chi connectivity index (χ2v) is 8.50. The maximum Gasteiger partial charge on any atom is 0.321 e. The van der Waals surface area contributed by atoms with Crippen molar-refractivity contribution in [3.8, 4) is 11.8 Å². The number of hydrogen-bond acceptors (Lipinski definition) is 4. The lowest BCUT2D eigenvalue weighted by molar-refractivity contribution is -0.120. The minimum atomic E-state index is -3.47. The smallest absolute Gasteiger partial charge is 0.321 e. The van der Waals surface area contributed by atoms with Crippen LogP contribution < -0.4 is 15.5 Å². The van der Waals surface area contributed by atoms with Crippen LogP contribution in [0.1, 0.15) is 12.0 Å². The lowest BCUT2D eigenvalue weighted by Gasteiger charge is -2.13. The molecule has 3 rings (SSSR count). The van der Waals surface area contributed by atoms with Crippen molar-refractivity contribution in [2.75, 3.05) is 30.3 Å². The van der Waals surface area contributed by atoms with Crippen LogP contribution in [0.25, 0.3) is 0 Å². The van der Waals surface area contributed by atoms with Gasteiger partial charge in [0.1, 0.15) is 0 Å². The zero-order chi connectivity index (χ0) is 20.7. The molecule has 8 heteroatoms. The standard InChI is InChI=1S/C21H21N3O4S/c25-20(12-16-29(27,28)19-6-2-1-3-7-19)22-13-4-5-17-8-10-18(11-9-17)24-15-14-23-21(24)26/h1-3,6-11H,12-16H2,(H,22,25)(H,23,26). The van der Waals surface area contributed by atoms with Gasteiger partial charge in [0.05, 0.1) is 17.2 Å². The Morgan fingerprint density at radius 1 is 1.10 bits per heavy atom. The van der Waals surface area contributed by atoms with Crippen molar-refractivity contribution in [2.24, 2.45) is 0 Å². The van der Waals surface area contributed by atoms with Crippen LogP contribution in [0.15, 0.2) is 59.5 Å². The zero-order valence-corrected chi connectivity index (χ0v) is 16.5. The summed E-state index contributed by atoms with van der Waals surface area (Å²) < 4.78 is 24.3. The fraction of sp³-hybridized carbons (Fsp3) is 0.238. The highest BCUT2D eigenvalue weighted by Gasteiger charge is 2.20. The van der Waals surface area contributed by atoms with E-state index in [2.05, 4.69) is 22.5 Å². The van der Waals surface area contributed by atoms with Crippen molar-refractivity contribution in [3.05, 3.63) is 60.2 Å². The first-order valence-electron chi connectivity index (χ1n) is 9.14. The second-order valence-electron chi connectivity index (χ2n) is 6.39. The molecule has 1 fully saturated rings. The van der Waals surface area contributed by atoms with Gasteiger partial charge in [-0.1, -0.05) is 30.0 Å². The predicted octanol–water partition coefficient (Wildman–Crippen LogP) is 1.55. The number of anilines is 1. The van der Waals surface area contributed by atoms with Crippen LogP contribution in [0.3, 0.4) is 0 Å². The van der Waals surface area contributed by atoms with E-state index in [1.54, 1.807) is 23.1 Å². The SMILES string of the molecule is O=C(CCS(=O)(=O)c1ccccc1)NCC#Cc1ccc(N2CCNC2=O)cc1. The summed E-state index contributed by atoms with van der Waals surface area (Å²) in [6.45, 7) is 1.39. The van der Waals surface area contributed by atoms with Gasteiger partial charge >= 0.3 is 6.03 Å². The van der Waals surface area contributed by atoms with Crippen LogP contribution in [0, 0.1) is 11.8 Å². The third kappa shape index (κ3) is 5.59. The minimum Gasteiger partial charge on any atom is -0.345 e. The van der Waals surface area contributed by atoms with E-state index >= 15 is 0 Å². The summed E-state index contributed by atoms with van der Waals surface area (Å²) in [7, 11) is -3.47. The number of hydrogen-bond donors (Lipinski definition) is 2. The summed E-state index contributed by atoms with van der Waals surface area (Å²) >= 11 is 0. The number of urea groups is 1. The average molecular weight is 411 g/mol. The Balaban J connectivity index is 1.45. The first-order chi connectivity index (χ1) is 14.0. The molecule has 1 heterocycles. The molecule has 2 aromatic carbocycles. The van der Waals surface area contributed by atoms with Gasteiger partial charge in [0.25, 0.3) is 0 Å². The number of carbonyl (C=O) groups is 2. The molecule has 0 saturated carbocycles. The first-order valence-corrected chi connectivity index (χ1v) is 10.8. The van der Waals surface area contributed by atoms with Crippen LogP contribution in [0.2, 0.25) is 0 Å². The molecule has 29 heavy (non-hydrogen) atoms. The number of carbonyl (C=O) groups excluding carboxylic acids is 2. The van der Waals surface area contributed by atoms with Crippen LogP contribution in [0.5, 0.6) is 0 Å². The number of nitrogens with zero attached hydrogens (tertiary/aromatic N) is 1. The van der Waals surface area contributed by atoms with E-state index in [1.807, 2.05) is 24.3 Å². The van der Waals surface area contributed by atoms with E-state index in [0.717, 1.165) is 11.3 Å². The molecule has 0 atom stereocenters. The third-order valence-corrected chi connectivity index (χ3v) is 6.07. The van der Waals surface area contributed by atoms with Crippen molar-refractivity contribution in [3.63, 3.8) is 0 Å². The molecule has 0 radical (unpaired) electrons. The monoisotopic (exact) mass is 411 g/mol. The van der Waals surface area contributed by atoms with Crippen molar-refractivity contribution >= 4 is 27.5 Å². The van der Waals surface area contributed by atoms with E-state index in [4.69, 9.17) is 0 Å². The maximum absolute atomic E-state index is 12.2. The lowest BCUT2D eigenvalue weighted by atomic mass is 10.2. The molecule has 3 amide bonds.